The van der Waals surface area contributed by atoms with Crippen LogP contribution in [-0.2, 0) is 14.2 Å². The minimum atomic E-state index is -1.99. The van der Waals surface area contributed by atoms with Gasteiger partial charge in [-0.1, -0.05) is 0 Å². The second-order valence-corrected chi connectivity index (χ2v) is 5.74. The maximum Gasteiger partial charge on any atom is 0.320 e. The summed E-state index contributed by atoms with van der Waals surface area (Å²) in [5.41, 5.74) is 5.40. The zero-order valence-electron chi connectivity index (χ0n) is 8.05. The Hall–Kier alpha value is -0.870. The van der Waals surface area contributed by atoms with Crippen molar-refractivity contribution in [3.05, 3.63) is 0 Å². The second-order valence-electron chi connectivity index (χ2n) is 3.84. The van der Waals surface area contributed by atoms with Gasteiger partial charge in [0, 0.05) is 12.3 Å². The third-order valence-corrected chi connectivity index (χ3v) is 4.62. The molecule has 0 saturated carbocycles. The predicted molar refractivity (Wildman–Crippen MR) is 53.6 cm³/mol. The lowest BCUT2D eigenvalue weighted by Crippen LogP contribution is -2.43. The van der Waals surface area contributed by atoms with Gasteiger partial charge in [-0.05, 0) is 12.3 Å². The number of hydrogen-bond acceptors (Lipinski definition) is 4. The Morgan fingerprint density at radius 1 is 1.33 bits per heavy atom. The molecule has 4 unspecified atom stereocenters. The van der Waals surface area contributed by atoms with Gasteiger partial charge in [-0.2, -0.15) is 0 Å². The fourth-order valence-electron chi connectivity index (χ4n) is 1.85. The molecule has 0 aliphatic carbocycles. The van der Waals surface area contributed by atoms with Gasteiger partial charge in [0.25, 0.3) is 0 Å². The molecule has 0 spiro atoms. The zero-order chi connectivity index (χ0) is 11.6. The smallest absolute Gasteiger partial charge is 0.320 e. The van der Waals surface area contributed by atoms with Crippen LogP contribution < -0.4 is 5.73 Å². The molecule has 1 aliphatic rings. The highest BCUT2D eigenvalue weighted by atomic mass is 31.1. The van der Waals surface area contributed by atoms with E-state index in [1.807, 2.05) is 0 Å². The number of rotatable bonds is 3. The van der Waals surface area contributed by atoms with Crippen LogP contribution in [0.2, 0.25) is 0 Å². The summed E-state index contributed by atoms with van der Waals surface area (Å²) in [6.45, 7) is 0. The normalized spacial score (nSPS) is 33.3. The molecule has 1 aliphatic heterocycles. The summed E-state index contributed by atoms with van der Waals surface area (Å²) < 4.78 is 11.4. The summed E-state index contributed by atoms with van der Waals surface area (Å²) >= 11 is 0. The standard InChI is InChI=1S/C8H14NO5P/c9-6(8(12)13)4-1-5(7(10)11)3-15(14)2-4/h4-6,15H,1-3,9H2,(H,10,11)(H,12,13). The highest BCUT2D eigenvalue weighted by molar-refractivity contribution is 7.44. The van der Waals surface area contributed by atoms with Gasteiger partial charge >= 0.3 is 11.9 Å². The fraction of sp³-hybridized carbons (Fsp3) is 0.750. The molecule has 0 radical (unpaired) electrons. The molecular weight excluding hydrogens is 221 g/mol. The van der Waals surface area contributed by atoms with Crippen molar-refractivity contribution in [2.75, 3.05) is 12.3 Å². The zero-order valence-corrected chi connectivity index (χ0v) is 9.05. The van der Waals surface area contributed by atoms with Crippen LogP contribution in [-0.4, -0.2) is 40.5 Å². The highest BCUT2D eigenvalue weighted by Gasteiger charge is 2.36. The molecule has 7 heteroatoms. The molecule has 4 N–H and O–H groups in total. The maximum atomic E-state index is 11.4. The van der Waals surface area contributed by atoms with Gasteiger partial charge in [0.05, 0.1) is 13.7 Å². The monoisotopic (exact) mass is 235 g/mol. The summed E-state index contributed by atoms with van der Waals surface area (Å²) in [7, 11) is -1.99. The first-order valence-electron chi connectivity index (χ1n) is 4.64. The van der Waals surface area contributed by atoms with Crippen molar-refractivity contribution in [1.29, 1.82) is 0 Å². The maximum absolute atomic E-state index is 11.4. The van der Waals surface area contributed by atoms with Crippen molar-refractivity contribution in [3.8, 4) is 0 Å². The van der Waals surface area contributed by atoms with Crippen LogP contribution in [0.4, 0.5) is 0 Å². The lowest BCUT2D eigenvalue weighted by molar-refractivity contribution is -0.144. The number of carbonyl (C=O) groups is 2. The summed E-state index contributed by atoms with van der Waals surface area (Å²) in [4.78, 5) is 21.3. The molecule has 0 aromatic rings. The second kappa shape index (κ2) is 4.77. The number of nitrogens with two attached hydrogens (primary N) is 1. The van der Waals surface area contributed by atoms with Crippen LogP contribution >= 0.6 is 7.80 Å². The quantitative estimate of drug-likeness (QED) is 0.577. The van der Waals surface area contributed by atoms with Crippen LogP contribution in [0.3, 0.4) is 0 Å². The molecule has 0 amide bonds. The third kappa shape index (κ3) is 3.04. The van der Waals surface area contributed by atoms with Crippen molar-refractivity contribution >= 4 is 19.7 Å². The highest BCUT2D eigenvalue weighted by Crippen LogP contribution is 2.38. The lowest BCUT2D eigenvalue weighted by atomic mass is 9.91. The van der Waals surface area contributed by atoms with E-state index in [9.17, 15) is 14.2 Å². The molecule has 0 bridgehead atoms. The molecule has 15 heavy (non-hydrogen) atoms. The molecule has 0 aromatic heterocycles. The molecule has 86 valence electrons. The van der Waals surface area contributed by atoms with E-state index in [0.29, 0.717) is 0 Å². The summed E-state index contributed by atoms with van der Waals surface area (Å²) in [5, 5.41) is 17.5. The molecular formula is C8H14NO5P. The van der Waals surface area contributed by atoms with Crippen molar-refractivity contribution < 1.29 is 24.4 Å². The predicted octanol–water partition coefficient (Wildman–Crippen LogP) is -0.321. The van der Waals surface area contributed by atoms with Gasteiger partial charge in [-0.3, -0.25) is 9.59 Å². The number of hydrogen-bond donors (Lipinski definition) is 3. The molecule has 1 rings (SSSR count). The minimum absolute atomic E-state index is 0.169. The van der Waals surface area contributed by atoms with Crippen molar-refractivity contribution in [2.24, 2.45) is 17.6 Å². The Balaban J connectivity index is 2.71. The molecule has 1 heterocycles. The fourth-order valence-corrected chi connectivity index (χ4v) is 3.91. The van der Waals surface area contributed by atoms with Gasteiger partial charge in [0.2, 0.25) is 0 Å². The van der Waals surface area contributed by atoms with E-state index in [0.717, 1.165) is 0 Å². The average molecular weight is 235 g/mol. The number of carboxylic acid groups (broad SMARTS) is 2. The third-order valence-electron chi connectivity index (χ3n) is 2.69. The largest absolute Gasteiger partial charge is 0.481 e. The van der Waals surface area contributed by atoms with Gasteiger partial charge in [-0.15, -0.1) is 0 Å². The van der Waals surface area contributed by atoms with Crippen molar-refractivity contribution in [3.63, 3.8) is 0 Å². The summed E-state index contributed by atoms with van der Waals surface area (Å²) in [6, 6.07) is -1.11. The molecule has 6 nitrogen and oxygen atoms in total. The number of carboxylic acids is 2. The summed E-state index contributed by atoms with van der Waals surface area (Å²) in [6.07, 6.45) is 0.629. The Morgan fingerprint density at radius 2 is 1.93 bits per heavy atom. The van der Waals surface area contributed by atoms with Crippen LogP contribution in [0.5, 0.6) is 0 Å². The number of aliphatic carboxylic acids is 2. The Morgan fingerprint density at radius 3 is 2.40 bits per heavy atom. The van der Waals surface area contributed by atoms with Gasteiger partial charge in [-0.25, -0.2) is 0 Å². The van der Waals surface area contributed by atoms with E-state index in [2.05, 4.69) is 0 Å². The van der Waals surface area contributed by atoms with Gasteiger partial charge in [0.15, 0.2) is 0 Å². The van der Waals surface area contributed by atoms with Crippen molar-refractivity contribution in [2.45, 2.75) is 12.5 Å². The van der Waals surface area contributed by atoms with Crippen LogP contribution in [0, 0.1) is 11.8 Å². The first-order chi connectivity index (χ1) is 6.91. The van der Waals surface area contributed by atoms with Crippen molar-refractivity contribution in [1.82, 2.24) is 0 Å². The van der Waals surface area contributed by atoms with E-state index in [-0.39, 0.29) is 18.7 Å². The first kappa shape index (κ1) is 12.2. The molecule has 4 atom stereocenters. The minimum Gasteiger partial charge on any atom is -0.481 e. The summed E-state index contributed by atoms with van der Waals surface area (Å²) in [5.74, 6) is -3.37. The Kier molecular flexibility index (Phi) is 3.88. The van der Waals surface area contributed by atoms with E-state index < -0.39 is 37.6 Å². The van der Waals surface area contributed by atoms with Gasteiger partial charge in [0.1, 0.15) is 6.04 Å². The van der Waals surface area contributed by atoms with E-state index in [1.54, 1.807) is 0 Å². The molecule has 0 aromatic carbocycles. The van der Waals surface area contributed by atoms with E-state index >= 15 is 0 Å². The molecule has 1 fully saturated rings. The van der Waals surface area contributed by atoms with Gasteiger partial charge < -0.3 is 20.5 Å². The average Bonchev–Trinajstić information content (AvgIpc) is 2.15. The van der Waals surface area contributed by atoms with E-state index in [1.165, 1.54) is 0 Å². The van der Waals surface area contributed by atoms with Crippen LogP contribution in [0.1, 0.15) is 6.42 Å². The first-order valence-corrected chi connectivity index (χ1v) is 6.47. The Labute approximate surface area is 87.2 Å². The lowest BCUT2D eigenvalue weighted by Gasteiger charge is -2.28. The molecule has 1 saturated heterocycles. The van der Waals surface area contributed by atoms with Crippen LogP contribution in [0.25, 0.3) is 0 Å². The Bertz CT molecular complexity index is 305. The van der Waals surface area contributed by atoms with Crippen LogP contribution in [0.15, 0.2) is 0 Å². The SMILES string of the molecule is NC(C(=O)O)C1CC(C(=O)O)C[PH](=O)C1. The topological polar surface area (TPSA) is 118 Å². The van der Waals surface area contributed by atoms with E-state index in [4.69, 9.17) is 15.9 Å².